The van der Waals surface area contributed by atoms with E-state index in [-0.39, 0.29) is 22.6 Å². The lowest BCUT2D eigenvalue weighted by molar-refractivity contribution is -0.384. The number of rotatable bonds is 9. The van der Waals surface area contributed by atoms with Crippen molar-refractivity contribution in [3.05, 3.63) is 52.1 Å². The number of carbonyl (C=O) groups is 1. The number of benzene rings is 2. The van der Waals surface area contributed by atoms with Crippen molar-refractivity contribution < 1.29 is 19.2 Å². The van der Waals surface area contributed by atoms with Crippen molar-refractivity contribution in [3.63, 3.8) is 0 Å². The second-order valence-corrected chi connectivity index (χ2v) is 11.0. The maximum atomic E-state index is 12.2. The van der Waals surface area contributed by atoms with E-state index in [1.54, 1.807) is 18.3 Å². The zero-order valence-electron chi connectivity index (χ0n) is 20.1. The standard InChI is InChI=1S/C25H27N5O5S2/c31-24(27-15-19-2-1-9-35-19)16-36-25-28-20-5-4-18(13-23(20)37-25)26-14-17-3-6-21(22(12-17)30(32)33)29-7-10-34-11-8-29/h3-6,12-14,19H,1-2,7-11,15-16H2,(H,27,31)/t19-/m1/s1. The number of thioether (sulfide) groups is 1. The summed E-state index contributed by atoms with van der Waals surface area (Å²) in [5.74, 6) is 0.273. The van der Waals surface area contributed by atoms with E-state index in [2.05, 4.69) is 15.3 Å². The van der Waals surface area contributed by atoms with Gasteiger partial charge in [-0.2, -0.15) is 0 Å². The highest BCUT2D eigenvalue weighted by atomic mass is 32.2. The number of carbonyl (C=O) groups excluding carboxylic acids is 1. The number of morpholine rings is 1. The minimum Gasteiger partial charge on any atom is -0.378 e. The minimum absolute atomic E-state index is 0.0289. The summed E-state index contributed by atoms with van der Waals surface area (Å²) >= 11 is 2.92. The lowest BCUT2D eigenvalue weighted by Gasteiger charge is -2.28. The number of fused-ring (bicyclic) bond motifs is 1. The van der Waals surface area contributed by atoms with Crippen LogP contribution >= 0.6 is 23.1 Å². The van der Waals surface area contributed by atoms with Crippen LogP contribution in [0.25, 0.3) is 10.2 Å². The van der Waals surface area contributed by atoms with E-state index in [0.717, 1.165) is 39.7 Å². The van der Waals surface area contributed by atoms with E-state index in [0.29, 0.717) is 49.9 Å². The molecule has 3 aromatic rings. The fourth-order valence-corrected chi connectivity index (χ4v) is 6.16. The lowest BCUT2D eigenvalue weighted by Crippen LogP contribution is -2.36. The number of ether oxygens (including phenoxy) is 2. The summed E-state index contributed by atoms with van der Waals surface area (Å²) in [5.41, 5.74) is 2.88. The average molecular weight is 542 g/mol. The van der Waals surface area contributed by atoms with Crippen LogP contribution in [0.5, 0.6) is 0 Å². The van der Waals surface area contributed by atoms with Gasteiger partial charge in [0.05, 0.1) is 45.9 Å². The molecule has 12 heteroatoms. The molecule has 0 aliphatic carbocycles. The van der Waals surface area contributed by atoms with Gasteiger partial charge in [0.25, 0.3) is 5.69 Å². The van der Waals surface area contributed by atoms with Crippen LogP contribution in [0.2, 0.25) is 0 Å². The fourth-order valence-electron chi connectivity index (χ4n) is 4.23. The lowest BCUT2D eigenvalue weighted by atomic mass is 10.1. The van der Waals surface area contributed by atoms with Crippen LogP contribution in [0, 0.1) is 10.1 Å². The maximum Gasteiger partial charge on any atom is 0.293 e. The Morgan fingerprint density at radius 2 is 2.14 bits per heavy atom. The first-order valence-corrected chi connectivity index (χ1v) is 13.9. The molecular formula is C25H27N5O5S2. The molecule has 0 unspecified atom stereocenters. The summed E-state index contributed by atoms with van der Waals surface area (Å²) in [5, 5.41) is 14.6. The van der Waals surface area contributed by atoms with Crippen molar-refractivity contribution in [2.45, 2.75) is 23.3 Å². The van der Waals surface area contributed by atoms with Gasteiger partial charge in [-0.1, -0.05) is 17.8 Å². The van der Waals surface area contributed by atoms with Crippen molar-refractivity contribution in [1.82, 2.24) is 10.3 Å². The molecule has 37 heavy (non-hydrogen) atoms. The number of amides is 1. The Balaban J connectivity index is 1.22. The number of nitrogens with zero attached hydrogens (tertiary/aromatic N) is 4. The number of aromatic nitrogens is 1. The SMILES string of the molecule is O=C(CSc1nc2ccc(N=Cc3ccc(N4CCOCC4)c([N+](=O)[O-])c3)cc2s1)NC[C@H]1CCCO1. The van der Waals surface area contributed by atoms with Crippen molar-refractivity contribution in [3.8, 4) is 0 Å². The molecule has 1 atom stereocenters. The van der Waals surface area contributed by atoms with Crippen LogP contribution < -0.4 is 10.2 Å². The third-order valence-corrected chi connectivity index (χ3v) is 8.30. The summed E-state index contributed by atoms with van der Waals surface area (Å²) in [7, 11) is 0. The van der Waals surface area contributed by atoms with Crippen LogP contribution in [0.15, 0.2) is 45.7 Å². The first-order valence-electron chi connectivity index (χ1n) is 12.1. The topological polar surface area (TPSA) is 119 Å². The van der Waals surface area contributed by atoms with Gasteiger partial charge in [0.2, 0.25) is 5.91 Å². The zero-order valence-corrected chi connectivity index (χ0v) is 21.8. The van der Waals surface area contributed by atoms with Gasteiger partial charge in [0.1, 0.15) is 5.69 Å². The molecule has 2 aromatic carbocycles. The number of nitro benzene ring substituents is 1. The van der Waals surface area contributed by atoms with Crippen molar-refractivity contribution in [2.24, 2.45) is 4.99 Å². The van der Waals surface area contributed by atoms with Gasteiger partial charge in [0, 0.05) is 38.5 Å². The minimum atomic E-state index is -0.354. The smallest absolute Gasteiger partial charge is 0.293 e. The second kappa shape index (κ2) is 12.0. The Labute approximate surface area is 222 Å². The van der Waals surface area contributed by atoms with Crippen molar-refractivity contribution in [2.75, 3.05) is 50.1 Å². The molecule has 0 radical (unpaired) electrons. The summed E-state index contributed by atoms with van der Waals surface area (Å²) in [6.45, 7) is 3.70. The Morgan fingerprint density at radius 3 is 2.92 bits per heavy atom. The highest BCUT2D eigenvalue weighted by molar-refractivity contribution is 8.01. The molecule has 194 valence electrons. The van der Waals surface area contributed by atoms with E-state index < -0.39 is 0 Å². The van der Waals surface area contributed by atoms with Gasteiger partial charge in [-0.25, -0.2) is 4.98 Å². The zero-order chi connectivity index (χ0) is 25.6. The molecule has 1 N–H and O–H groups in total. The molecule has 10 nitrogen and oxygen atoms in total. The van der Waals surface area contributed by atoms with Crippen LogP contribution in [0.1, 0.15) is 18.4 Å². The molecule has 2 saturated heterocycles. The van der Waals surface area contributed by atoms with Gasteiger partial charge in [-0.3, -0.25) is 19.9 Å². The quantitative estimate of drug-likeness (QED) is 0.185. The highest BCUT2D eigenvalue weighted by Gasteiger charge is 2.21. The molecule has 2 aliphatic heterocycles. The summed E-state index contributed by atoms with van der Waals surface area (Å²) in [4.78, 5) is 34.6. The maximum absolute atomic E-state index is 12.2. The number of thiazole rings is 1. The number of nitro groups is 1. The molecule has 1 amide bonds. The number of nitrogens with one attached hydrogen (secondary N) is 1. The summed E-state index contributed by atoms with van der Waals surface area (Å²) in [6.07, 6.45) is 3.80. The molecule has 0 bridgehead atoms. The normalized spacial score (nSPS) is 18.1. The summed E-state index contributed by atoms with van der Waals surface area (Å²) < 4.78 is 12.7. The predicted octanol–water partition coefficient (Wildman–Crippen LogP) is 4.18. The first kappa shape index (κ1) is 25.6. The monoisotopic (exact) mass is 541 g/mol. The van der Waals surface area contributed by atoms with Crippen LogP contribution in [-0.2, 0) is 14.3 Å². The third-order valence-electron chi connectivity index (χ3n) is 6.14. The Hall–Kier alpha value is -3.06. The second-order valence-electron chi connectivity index (χ2n) is 8.72. The number of hydrogen-bond acceptors (Lipinski definition) is 10. The number of hydrogen-bond donors (Lipinski definition) is 1. The Morgan fingerprint density at radius 1 is 1.27 bits per heavy atom. The van der Waals surface area contributed by atoms with E-state index >= 15 is 0 Å². The molecule has 2 aliphatic rings. The van der Waals surface area contributed by atoms with E-state index in [4.69, 9.17) is 9.47 Å². The Bertz CT molecular complexity index is 1300. The van der Waals surface area contributed by atoms with Gasteiger partial charge in [-0.15, -0.1) is 11.3 Å². The van der Waals surface area contributed by atoms with Crippen LogP contribution in [0.3, 0.4) is 0 Å². The average Bonchev–Trinajstić information content (AvgIpc) is 3.59. The Kier molecular flexibility index (Phi) is 8.29. The fraction of sp³-hybridized carbons (Fsp3) is 0.400. The molecular weight excluding hydrogens is 514 g/mol. The largest absolute Gasteiger partial charge is 0.378 e. The van der Waals surface area contributed by atoms with Gasteiger partial charge >= 0.3 is 0 Å². The highest BCUT2D eigenvalue weighted by Crippen LogP contribution is 2.33. The molecule has 0 saturated carbocycles. The van der Waals surface area contributed by atoms with E-state index in [9.17, 15) is 14.9 Å². The van der Waals surface area contributed by atoms with Crippen molar-refractivity contribution >= 4 is 62.5 Å². The predicted molar refractivity (Wildman–Crippen MR) is 146 cm³/mol. The van der Waals surface area contributed by atoms with Crippen molar-refractivity contribution in [1.29, 1.82) is 0 Å². The van der Waals surface area contributed by atoms with Gasteiger partial charge in [-0.05, 0) is 42.7 Å². The van der Waals surface area contributed by atoms with Crippen LogP contribution in [0.4, 0.5) is 17.1 Å². The number of aliphatic imine (C=N–C) groups is 1. The molecule has 3 heterocycles. The molecule has 1 aromatic heterocycles. The van der Waals surface area contributed by atoms with E-state index in [1.807, 2.05) is 29.2 Å². The molecule has 0 spiro atoms. The van der Waals surface area contributed by atoms with Crippen LogP contribution in [-0.4, -0.2) is 73.3 Å². The van der Waals surface area contributed by atoms with Gasteiger partial charge in [0.15, 0.2) is 4.34 Å². The van der Waals surface area contributed by atoms with E-state index in [1.165, 1.54) is 23.1 Å². The third kappa shape index (κ3) is 6.63. The van der Waals surface area contributed by atoms with Gasteiger partial charge < -0.3 is 19.7 Å². The molecule has 2 fully saturated rings. The number of anilines is 1. The first-order chi connectivity index (χ1) is 18.0. The summed E-state index contributed by atoms with van der Waals surface area (Å²) in [6, 6.07) is 10.9. The molecule has 5 rings (SSSR count).